The molecule has 6 heteroatoms. The summed E-state index contributed by atoms with van der Waals surface area (Å²) < 4.78 is 16.8. The predicted molar refractivity (Wildman–Crippen MR) is 316 cm³/mol. The van der Waals surface area contributed by atoms with Gasteiger partial charge in [0, 0.05) is 19.3 Å². The van der Waals surface area contributed by atoms with Gasteiger partial charge in [-0.25, -0.2) is 0 Å². The minimum absolute atomic E-state index is 0.110. The highest BCUT2D eigenvalue weighted by Gasteiger charge is 2.19. The zero-order valence-corrected chi connectivity index (χ0v) is 47.9. The number of hydrogen-bond donors (Lipinski definition) is 0. The molecule has 418 valence electrons. The first-order valence-electron chi connectivity index (χ1n) is 30.7. The zero-order valence-electron chi connectivity index (χ0n) is 47.9. The van der Waals surface area contributed by atoms with Crippen LogP contribution in [0, 0.1) is 0 Å². The molecule has 0 rings (SSSR count). The molecule has 0 aromatic heterocycles. The van der Waals surface area contributed by atoms with Crippen molar-refractivity contribution >= 4 is 17.9 Å². The van der Waals surface area contributed by atoms with Crippen molar-refractivity contribution in [2.24, 2.45) is 0 Å². The largest absolute Gasteiger partial charge is 0.462 e. The van der Waals surface area contributed by atoms with E-state index in [4.69, 9.17) is 14.2 Å². The van der Waals surface area contributed by atoms with Crippen molar-refractivity contribution in [1.82, 2.24) is 0 Å². The Hall–Kier alpha value is -3.67. The van der Waals surface area contributed by atoms with Crippen molar-refractivity contribution in [3.8, 4) is 0 Å². The molecule has 0 fully saturated rings. The van der Waals surface area contributed by atoms with Gasteiger partial charge < -0.3 is 14.2 Å². The normalized spacial score (nSPS) is 12.8. The van der Waals surface area contributed by atoms with Gasteiger partial charge in [-0.05, 0) is 116 Å². The number of carbonyl (C=O) groups is 3. The molecular formula is C67H114O6. The predicted octanol–water partition coefficient (Wildman–Crippen LogP) is 20.9. The first-order chi connectivity index (χ1) is 36.0. The minimum Gasteiger partial charge on any atom is -0.462 e. The molecule has 0 radical (unpaired) electrons. The summed E-state index contributed by atoms with van der Waals surface area (Å²) in [7, 11) is 0. The van der Waals surface area contributed by atoms with Crippen LogP contribution >= 0.6 is 0 Å². The van der Waals surface area contributed by atoms with Crippen molar-refractivity contribution in [1.29, 1.82) is 0 Å². The number of hydrogen-bond acceptors (Lipinski definition) is 6. The molecule has 0 N–H and O–H groups in total. The quantitative estimate of drug-likeness (QED) is 0.0261. The van der Waals surface area contributed by atoms with E-state index < -0.39 is 12.1 Å². The first-order valence-corrected chi connectivity index (χ1v) is 30.7. The number of carbonyl (C=O) groups excluding carboxylic acids is 3. The van der Waals surface area contributed by atoms with E-state index in [0.29, 0.717) is 19.3 Å². The monoisotopic (exact) mass is 1010 g/mol. The smallest absolute Gasteiger partial charge is 0.306 e. The van der Waals surface area contributed by atoms with Gasteiger partial charge in [0.1, 0.15) is 13.2 Å². The fraction of sp³-hybridized carbons (Fsp3) is 0.716. The molecule has 0 amide bonds. The molecule has 0 unspecified atom stereocenters. The molecule has 73 heavy (non-hydrogen) atoms. The third-order valence-electron chi connectivity index (χ3n) is 13.0. The third kappa shape index (κ3) is 59.1. The fourth-order valence-electron chi connectivity index (χ4n) is 8.39. The lowest BCUT2D eigenvalue weighted by atomic mass is 10.1. The number of ether oxygens (including phenoxy) is 3. The summed E-state index contributed by atoms with van der Waals surface area (Å²) in [5.41, 5.74) is 0. The second-order valence-electron chi connectivity index (χ2n) is 20.2. The molecule has 0 saturated heterocycles. The van der Waals surface area contributed by atoms with E-state index >= 15 is 0 Å². The van der Waals surface area contributed by atoms with Crippen LogP contribution in [0.3, 0.4) is 0 Å². The van der Waals surface area contributed by atoms with Gasteiger partial charge in [-0.3, -0.25) is 14.4 Å². The minimum atomic E-state index is -0.823. The summed E-state index contributed by atoms with van der Waals surface area (Å²) in [6.07, 6.45) is 81.2. The Balaban J connectivity index is 4.50. The summed E-state index contributed by atoms with van der Waals surface area (Å²) in [6, 6.07) is 0. The lowest BCUT2D eigenvalue weighted by Crippen LogP contribution is -2.30. The number of allylic oxidation sites excluding steroid dienone is 16. The van der Waals surface area contributed by atoms with Crippen molar-refractivity contribution in [3.63, 3.8) is 0 Å². The summed E-state index contributed by atoms with van der Waals surface area (Å²) in [5.74, 6) is -0.995. The highest BCUT2D eigenvalue weighted by molar-refractivity contribution is 5.71. The van der Waals surface area contributed by atoms with E-state index in [1.54, 1.807) is 0 Å². The Morgan fingerprint density at radius 3 is 0.863 bits per heavy atom. The second kappa shape index (κ2) is 60.9. The topological polar surface area (TPSA) is 78.9 Å². The Morgan fingerprint density at radius 2 is 0.521 bits per heavy atom. The van der Waals surface area contributed by atoms with Crippen molar-refractivity contribution in [2.45, 2.75) is 297 Å². The SMILES string of the molecule is CCCCC/C=C\C/C=C\C/C=C\C/C=C\C/C=C\CCC(=O)O[C@@H](COC(=O)CCCCCCCCC/C=C\CCCCCCCC)COC(=O)CCCCCCCCCCC/C=C\C/C=C\CCCCC. The van der Waals surface area contributed by atoms with Crippen LogP contribution in [0.25, 0.3) is 0 Å². The Morgan fingerprint density at radius 1 is 0.274 bits per heavy atom. The molecule has 0 saturated carbocycles. The van der Waals surface area contributed by atoms with Crippen LogP contribution in [-0.4, -0.2) is 37.2 Å². The van der Waals surface area contributed by atoms with Crippen LogP contribution in [0.1, 0.15) is 290 Å². The molecule has 0 bridgehead atoms. The van der Waals surface area contributed by atoms with Crippen molar-refractivity contribution < 1.29 is 28.6 Å². The van der Waals surface area contributed by atoms with Gasteiger partial charge >= 0.3 is 17.9 Å². The molecule has 6 nitrogen and oxygen atoms in total. The van der Waals surface area contributed by atoms with E-state index in [9.17, 15) is 14.4 Å². The van der Waals surface area contributed by atoms with Crippen LogP contribution in [0.15, 0.2) is 97.2 Å². The Labute approximate surface area is 451 Å². The average Bonchev–Trinajstić information content (AvgIpc) is 3.39. The molecule has 0 aromatic carbocycles. The van der Waals surface area contributed by atoms with Crippen LogP contribution in [0.5, 0.6) is 0 Å². The Kier molecular flexibility index (Phi) is 57.8. The highest BCUT2D eigenvalue weighted by atomic mass is 16.6. The summed E-state index contributed by atoms with van der Waals surface area (Å²) >= 11 is 0. The Bertz CT molecular complexity index is 1440. The van der Waals surface area contributed by atoms with Gasteiger partial charge in [0.05, 0.1) is 0 Å². The van der Waals surface area contributed by atoms with E-state index in [-0.39, 0.29) is 31.6 Å². The molecular weight excluding hydrogens is 901 g/mol. The van der Waals surface area contributed by atoms with Gasteiger partial charge in [0.2, 0.25) is 0 Å². The molecule has 0 aliphatic carbocycles. The van der Waals surface area contributed by atoms with Gasteiger partial charge in [-0.1, -0.05) is 253 Å². The zero-order chi connectivity index (χ0) is 52.9. The molecule has 0 aliphatic rings. The highest BCUT2D eigenvalue weighted by Crippen LogP contribution is 2.15. The van der Waals surface area contributed by atoms with Crippen LogP contribution in [0.2, 0.25) is 0 Å². The second-order valence-corrected chi connectivity index (χ2v) is 20.2. The van der Waals surface area contributed by atoms with E-state index in [0.717, 1.165) is 70.6 Å². The maximum absolute atomic E-state index is 12.9. The first kappa shape index (κ1) is 69.3. The maximum Gasteiger partial charge on any atom is 0.306 e. The van der Waals surface area contributed by atoms with Gasteiger partial charge in [-0.2, -0.15) is 0 Å². The standard InChI is InChI=1S/C67H114O6/c1-4-7-10-13-16-19-22-25-28-31-33-36-39-42-45-48-51-54-57-60-66(69)72-63-64(62-71-65(68)59-56-53-50-47-44-41-38-35-30-27-24-21-18-15-12-9-6-3)73-67(70)61-58-55-52-49-46-43-40-37-34-32-29-26-23-20-17-14-11-8-5-2/h16-17,19-20,25-30,34,37,43,46,52,55,64H,4-15,18,21-24,31-33,35-36,38-42,44-45,47-51,53-54,56-63H2,1-3H3/b19-16-,20-17-,28-25-,29-26-,30-27-,37-34-,46-43-,55-52-/t64-/m0/s1. The lowest BCUT2D eigenvalue weighted by Gasteiger charge is -2.18. The van der Waals surface area contributed by atoms with Crippen molar-refractivity contribution in [2.75, 3.05) is 13.2 Å². The number of rotatable bonds is 55. The van der Waals surface area contributed by atoms with Gasteiger partial charge in [-0.15, -0.1) is 0 Å². The average molecular weight is 1020 g/mol. The van der Waals surface area contributed by atoms with E-state index in [1.807, 2.05) is 6.08 Å². The van der Waals surface area contributed by atoms with Gasteiger partial charge in [0.15, 0.2) is 6.10 Å². The van der Waals surface area contributed by atoms with Crippen LogP contribution < -0.4 is 0 Å². The summed E-state index contributed by atoms with van der Waals surface area (Å²) in [6.45, 7) is 6.53. The summed E-state index contributed by atoms with van der Waals surface area (Å²) in [5, 5.41) is 0. The fourth-order valence-corrected chi connectivity index (χ4v) is 8.39. The lowest BCUT2D eigenvalue weighted by molar-refractivity contribution is -0.166. The maximum atomic E-state index is 12.9. The van der Waals surface area contributed by atoms with E-state index in [1.165, 1.54) is 173 Å². The molecule has 0 aromatic rings. The van der Waals surface area contributed by atoms with Crippen LogP contribution in [0.4, 0.5) is 0 Å². The molecule has 0 spiro atoms. The molecule has 0 aliphatic heterocycles. The van der Waals surface area contributed by atoms with Gasteiger partial charge in [0.25, 0.3) is 0 Å². The number of esters is 3. The van der Waals surface area contributed by atoms with Crippen LogP contribution in [-0.2, 0) is 28.6 Å². The molecule has 0 heterocycles. The number of unbranched alkanes of at least 4 members (excludes halogenated alkanes) is 28. The third-order valence-corrected chi connectivity index (χ3v) is 13.0. The summed E-state index contributed by atoms with van der Waals surface area (Å²) in [4.78, 5) is 38.2. The molecule has 1 atom stereocenters. The van der Waals surface area contributed by atoms with Crippen molar-refractivity contribution in [3.05, 3.63) is 97.2 Å². The van der Waals surface area contributed by atoms with E-state index in [2.05, 4.69) is 112 Å².